The number of benzene rings is 1. The summed E-state index contributed by atoms with van der Waals surface area (Å²) in [6.07, 6.45) is 0.564. The number of amides is 1. The average molecular weight is 352 g/mol. The van der Waals surface area contributed by atoms with Gasteiger partial charge in [0.25, 0.3) is 5.91 Å². The van der Waals surface area contributed by atoms with E-state index in [9.17, 15) is 9.59 Å². The number of hydrogen-bond acceptors (Lipinski definition) is 5. The summed E-state index contributed by atoms with van der Waals surface area (Å²) in [6.45, 7) is 5.40. The van der Waals surface area contributed by atoms with Crippen LogP contribution in [0.15, 0.2) is 42.6 Å². The lowest BCUT2D eigenvalue weighted by Crippen LogP contribution is -2.30. The van der Waals surface area contributed by atoms with Crippen molar-refractivity contribution in [2.24, 2.45) is 5.73 Å². The Labute approximate surface area is 150 Å². The minimum Gasteiger partial charge on any atom is -0.449 e. The van der Waals surface area contributed by atoms with Crippen LogP contribution in [0, 0.1) is 0 Å². The summed E-state index contributed by atoms with van der Waals surface area (Å²) in [4.78, 5) is 28.6. The summed E-state index contributed by atoms with van der Waals surface area (Å²) < 4.78 is 6.93. The number of esters is 1. The summed E-state index contributed by atoms with van der Waals surface area (Å²) in [5.74, 6) is -1.34. The van der Waals surface area contributed by atoms with E-state index < -0.39 is 18.0 Å². The number of hydrogen-bond donors (Lipinski definition) is 1. The van der Waals surface area contributed by atoms with Gasteiger partial charge < -0.3 is 10.5 Å². The molecule has 0 bridgehead atoms. The Bertz CT molecular complexity index is 964. The highest BCUT2D eigenvalue weighted by molar-refractivity contribution is 6.04. The predicted molar refractivity (Wildman–Crippen MR) is 97.4 cm³/mol. The molecule has 0 aliphatic heterocycles. The number of aromatic nitrogens is 3. The van der Waals surface area contributed by atoms with E-state index in [0.29, 0.717) is 22.3 Å². The number of rotatable bonds is 5. The first-order chi connectivity index (χ1) is 12.4. The number of fused-ring (bicyclic) bond motifs is 1. The Hall–Kier alpha value is -3.22. The van der Waals surface area contributed by atoms with Gasteiger partial charge in [0, 0.05) is 11.6 Å². The fourth-order valence-corrected chi connectivity index (χ4v) is 2.60. The standard InChI is InChI=1S/C19H20N4O3/c1-11(2)23-18-15(10-21-23)14(19(25)26-12(3)17(20)24)9-16(22-18)13-7-5-4-6-8-13/h4-12H,1-3H3,(H2,20,24)/t12-/m1/s1. The number of primary amides is 1. The van der Waals surface area contributed by atoms with Crippen LogP contribution in [-0.2, 0) is 9.53 Å². The monoisotopic (exact) mass is 352 g/mol. The second-order valence-electron chi connectivity index (χ2n) is 6.29. The van der Waals surface area contributed by atoms with Crippen LogP contribution in [0.3, 0.4) is 0 Å². The Morgan fingerprint density at radius 2 is 1.85 bits per heavy atom. The zero-order valence-corrected chi connectivity index (χ0v) is 14.8. The molecule has 0 unspecified atom stereocenters. The largest absolute Gasteiger partial charge is 0.449 e. The van der Waals surface area contributed by atoms with Crippen LogP contribution in [-0.4, -0.2) is 32.7 Å². The maximum Gasteiger partial charge on any atom is 0.339 e. The molecule has 0 saturated carbocycles. The SMILES string of the molecule is CC(C)n1ncc2c(C(=O)O[C@H](C)C(N)=O)cc(-c3ccccc3)nc21. The van der Waals surface area contributed by atoms with Crippen LogP contribution in [0.4, 0.5) is 0 Å². The van der Waals surface area contributed by atoms with Crippen LogP contribution < -0.4 is 5.73 Å². The van der Waals surface area contributed by atoms with Gasteiger partial charge in [-0.2, -0.15) is 5.10 Å². The molecular weight excluding hydrogens is 332 g/mol. The highest BCUT2D eigenvalue weighted by atomic mass is 16.5. The van der Waals surface area contributed by atoms with E-state index in [0.717, 1.165) is 5.56 Å². The van der Waals surface area contributed by atoms with Crippen LogP contribution in [0.25, 0.3) is 22.3 Å². The van der Waals surface area contributed by atoms with Crippen LogP contribution >= 0.6 is 0 Å². The third-order valence-electron chi connectivity index (χ3n) is 4.03. The molecule has 7 nitrogen and oxygen atoms in total. The number of ether oxygens (including phenoxy) is 1. The van der Waals surface area contributed by atoms with Gasteiger partial charge in [-0.05, 0) is 26.8 Å². The Morgan fingerprint density at radius 3 is 2.46 bits per heavy atom. The number of carbonyl (C=O) groups is 2. The van der Waals surface area contributed by atoms with E-state index in [2.05, 4.69) is 10.1 Å². The molecule has 26 heavy (non-hydrogen) atoms. The smallest absolute Gasteiger partial charge is 0.339 e. The van der Waals surface area contributed by atoms with E-state index in [1.165, 1.54) is 6.92 Å². The molecule has 1 atom stereocenters. The van der Waals surface area contributed by atoms with E-state index >= 15 is 0 Å². The Kier molecular flexibility index (Phi) is 4.71. The van der Waals surface area contributed by atoms with Gasteiger partial charge >= 0.3 is 5.97 Å². The number of nitrogens with two attached hydrogens (primary N) is 1. The van der Waals surface area contributed by atoms with Crippen molar-refractivity contribution in [1.82, 2.24) is 14.8 Å². The van der Waals surface area contributed by atoms with Crippen molar-refractivity contribution in [2.75, 3.05) is 0 Å². The van der Waals surface area contributed by atoms with Gasteiger partial charge in [0.05, 0.1) is 22.8 Å². The van der Waals surface area contributed by atoms with E-state index in [4.69, 9.17) is 10.5 Å². The van der Waals surface area contributed by atoms with E-state index in [1.54, 1.807) is 16.9 Å². The average Bonchev–Trinajstić information content (AvgIpc) is 3.05. The van der Waals surface area contributed by atoms with Crippen molar-refractivity contribution >= 4 is 22.9 Å². The van der Waals surface area contributed by atoms with Gasteiger partial charge in [-0.3, -0.25) is 4.79 Å². The minimum atomic E-state index is -1.02. The first-order valence-corrected chi connectivity index (χ1v) is 8.32. The highest BCUT2D eigenvalue weighted by Gasteiger charge is 2.22. The van der Waals surface area contributed by atoms with Crippen molar-refractivity contribution < 1.29 is 14.3 Å². The maximum absolute atomic E-state index is 12.6. The predicted octanol–water partition coefficient (Wildman–Crippen LogP) is 2.71. The zero-order chi connectivity index (χ0) is 18.8. The van der Waals surface area contributed by atoms with Crippen LogP contribution in [0.5, 0.6) is 0 Å². The molecule has 0 aliphatic carbocycles. The maximum atomic E-state index is 12.6. The van der Waals surface area contributed by atoms with Gasteiger partial charge in [0.1, 0.15) is 0 Å². The Morgan fingerprint density at radius 1 is 1.15 bits per heavy atom. The molecule has 0 fully saturated rings. The molecule has 0 saturated heterocycles. The molecule has 1 aromatic carbocycles. The van der Waals surface area contributed by atoms with Gasteiger partial charge in [0.2, 0.25) is 0 Å². The molecule has 3 aromatic rings. The van der Waals surface area contributed by atoms with Crippen molar-refractivity contribution in [3.63, 3.8) is 0 Å². The fraction of sp³-hybridized carbons (Fsp3) is 0.263. The third kappa shape index (κ3) is 3.28. The summed E-state index contributed by atoms with van der Waals surface area (Å²) in [6, 6.07) is 11.2. The number of nitrogens with zero attached hydrogens (tertiary/aromatic N) is 3. The molecule has 134 valence electrons. The summed E-state index contributed by atoms with van der Waals surface area (Å²) >= 11 is 0. The number of carbonyl (C=O) groups excluding carboxylic acids is 2. The number of pyridine rings is 1. The highest BCUT2D eigenvalue weighted by Crippen LogP contribution is 2.27. The van der Waals surface area contributed by atoms with Gasteiger partial charge in [-0.15, -0.1) is 0 Å². The zero-order valence-electron chi connectivity index (χ0n) is 14.8. The first-order valence-electron chi connectivity index (χ1n) is 8.32. The van der Waals surface area contributed by atoms with Crippen molar-refractivity contribution in [1.29, 1.82) is 0 Å². The van der Waals surface area contributed by atoms with E-state index in [1.807, 2.05) is 44.2 Å². The van der Waals surface area contributed by atoms with Gasteiger partial charge in [0.15, 0.2) is 11.8 Å². The molecule has 0 aliphatic rings. The molecule has 2 aromatic heterocycles. The normalized spacial score (nSPS) is 12.3. The van der Waals surface area contributed by atoms with Crippen LogP contribution in [0.2, 0.25) is 0 Å². The topological polar surface area (TPSA) is 100 Å². The second kappa shape index (κ2) is 6.95. The molecule has 1 amide bonds. The lowest BCUT2D eigenvalue weighted by Gasteiger charge is -2.12. The first kappa shape index (κ1) is 17.6. The van der Waals surface area contributed by atoms with E-state index in [-0.39, 0.29) is 6.04 Å². The molecule has 7 heteroatoms. The second-order valence-corrected chi connectivity index (χ2v) is 6.29. The summed E-state index contributed by atoms with van der Waals surface area (Å²) in [5.41, 5.74) is 7.57. The third-order valence-corrected chi connectivity index (χ3v) is 4.03. The molecule has 3 rings (SSSR count). The lowest BCUT2D eigenvalue weighted by molar-refractivity contribution is -0.125. The van der Waals surface area contributed by atoms with Crippen molar-refractivity contribution in [2.45, 2.75) is 32.9 Å². The van der Waals surface area contributed by atoms with Crippen molar-refractivity contribution in [3.05, 3.63) is 48.2 Å². The quantitative estimate of drug-likeness (QED) is 0.712. The van der Waals surface area contributed by atoms with Crippen LogP contribution in [0.1, 0.15) is 37.2 Å². The van der Waals surface area contributed by atoms with Gasteiger partial charge in [-0.25, -0.2) is 14.5 Å². The minimum absolute atomic E-state index is 0.0689. The van der Waals surface area contributed by atoms with Gasteiger partial charge in [-0.1, -0.05) is 30.3 Å². The Balaban J connectivity index is 2.17. The molecule has 0 spiro atoms. The lowest BCUT2D eigenvalue weighted by atomic mass is 10.1. The molecule has 0 radical (unpaired) electrons. The molecule has 2 heterocycles. The summed E-state index contributed by atoms with van der Waals surface area (Å²) in [7, 11) is 0. The van der Waals surface area contributed by atoms with Crippen molar-refractivity contribution in [3.8, 4) is 11.3 Å². The molecule has 2 N–H and O–H groups in total. The summed E-state index contributed by atoms with van der Waals surface area (Å²) in [5, 5.41) is 4.91. The fourth-order valence-electron chi connectivity index (χ4n) is 2.60. The molecular formula is C19H20N4O3.